The topological polar surface area (TPSA) is 30.5 Å². The quantitative estimate of drug-likeness (QED) is 0.928. The molecule has 0 spiro atoms. The second kappa shape index (κ2) is 5.09. The Balaban J connectivity index is 1.76. The molecular formula is C14H11BrFNO2. The summed E-state index contributed by atoms with van der Waals surface area (Å²) in [6.07, 6.45) is 0. The summed E-state index contributed by atoms with van der Waals surface area (Å²) in [6.45, 7) is 0.765. The average molecular weight is 324 g/mol. The van der Waals surface area contributed by atoms with Gasteiger partial charge in [-0.2, -0.15) is 0 Å². The summed E-state index contributed by atoms with van der Waals surface area (Å²) in [4.78, 5) is 0. The first-order chi connectivity index (χ1) is 9.24. The number of hydrogen-bond donors (Lipinski definition) is 1. The van der Waals surface area contributed by atoms with Crippen LogP contribution in [0.2, 0.25) is 0 Å². The number of ether oxygens (including phenoxy) is 2. The van der Waals surface area contributed by atoms with Crippen molar-refractivity contribution in [1.29, 1.82) is 0 Å². The summed E-state index contributed by atoms with van der Waals surface area (Å²) in [7, 11) is 0. The molecule has 1 aliphatic rings. The number of rotatable bonds is 3. The fourth-order valence-electron chi connectivity index (χ4n) is 1.91. The van der Waals surface area contributed by atoms with Gasteiger partial charge >= 0.3 is 0 Å². The Hall–Kier alpha value is -1.75. The van der Waals surface area contributed by atoms with E-state index in [0.717, 1.165) is 17.1 Å². The number of nitrogens with one attached hydrogen (secondary N) is 1. The molecule has 0 saturated heterocycles. The number of anilines is 1. The Morgan fingerprint density at radius 1 is 1.16 bits per heavy atom. The zero-order chi connectivity index (χ0) is 13.2. The molecule has 0 fully saturated rings. The molecule has 1 heterocycles. The Labute approximate surface area is 118 Å². The van der Waals surface area contributed by atoms with Crippen molar-refractivity contribution in [3.8, 4) is 11.5 Å². The molecule has 2 aromatic carbocycles. The van der Waals surface area contributed by atoms with E-state index >= 15 is 0 Å². The summed E-state index contributed by atoms with van der Waals surface area (Å²) in [5.41, 5.74) is 1.46. The smallest absolute Gasteiger partial charge is 0.231 e. The molecule has 5 heteroatoms. The van der Waals surface area contributed by atoms with E-state index in [1.54, 1.807) is 12.1 Å². The maximum Gasteiger partial charge on any atom is 0.231 e. The standard InChI is InChI=1S/C14H11BrFNO2/c15-10-2-1-3-11(16)14(10)17-7-9-4-5-12-13(6-9)19-8-18-12/h1-6,17H,7-8H2. The maximum absolute atomic E-state index is 13.6. The van der Waals surface area contributed by atoms with Crippen LogP contribution in [0.5, 0.6) is 11.5 Å². The minimum Gasteiger partial charge on any atom is -0.454 e. The Bertz CT molecular complexity index is 598. The highest BCUT2D eigenvalue weighted by Gasteiger charge is 2.13. The van der Waals surface area contributed by atoms with Crippen LogP contribution in [-0.2, 0) is 6.54 Å². The first kappa shape index (κ1) is 12.3. The Kier molecular flexibility index (Phi) is 3.29. The molecule has 0 bridgehead atoms. The lowest BCUT2D eigenvalue weighted by molar-refractivity contribution is 0.174. The summed E-state index contributed by atoms with van der Waals surface area (Å²) >= 11 is 3.32. The Morgan fingerprint density at radius 3 is 2.84 bits per heavy atom. The number of halogens is 2. The van der Waals surface area contributed by atoms with Crippen molar-refractivity contribution < 1.29 is 13.9 Å². The van der Waals surface area contributed by atoms with Gasteiger partial charge in [0.25, 0.3) is 0 Å². The van der Waals surface area contributed by atoms with Gasteiger partial charge < -0.3 is 14.8 Å². The van der Waals surface area contributed by atoms with Gasteiger partial charge in [-0.05, 0) is 45.8 Å². The fraction of sp³-hybridized carbons (Fsp3) is 0.143. The molecule has 0 radical (unpaired) electrons. The average Bonchev–Trinajstić information content (AvgIpc) is 2.85. The van der Waals surface area contributed by atoms with Gasteiger partial charge in [-0.15, -0.1) is 0 Å². The lowest BCUT2D eigenvalue weighted by Crippen LogP contribution is -2.02. The predicted octanol–water partition coefficient (Wildman–Crippen LogP) is 3.93. The summed E-state index contributed by atoms with van der Waals surface area (Å²) < 4.78 is 24.9. The van der Waals surface area contributed by atoms with Gasteiger partial charge in [-0.3, -0.25) is 0 Å². The van der Waals surface area contributed by atoms with E-state index in [-0.39, 0.29) is 12.6 Å². The fourth-order valence-corrected chi connectivity index (χ4v) is 2.39. The van der Waals surface area contributed by atoms with Crippen molar-refractivity contribution in [2.45, 2.75) is 6.54 Å². The SMILES string of the molecule is Fc1cccc(Br)c1NCc1ccc2c(c1)OCO2. The van der Waals surface area contributed by atoms with Gasteiger partial charge in [0.15, 0.2) is 11.5 Å². The third-order valence-electron chi connectivity index (χ3n) is 2.87. The molecule has 0 amide bonds. The molecule has 3 nitrogen and oxygen atoms in total. The minimum atomic E-state index is -0.282. The van der Waals surface area contributed by atoms with E-state index in [2.05, 4.69) is 21.2 Å². The molecule has 0 aliphatic carbocycles. The molecule has 0 saturated carbocycles. The highest BCUT2D eigenvalue weighted by molar-refractivity contribution is 9.10. The van der Waals surface area contributed by atoms with Gasteiger partial charge in [0.1, 0.15) is 5.82 Å². The van der Waals surface area contributed by atoms with Crippen LogP contribution in [0, 0.1) is 5.82 Å². The van der Waals surface area contributed by atoms with Crippen LogP contribution in [0.25, 0.3) is 0 Å². The number of para-hydroxylation sites is 1. The van der Waals surface area contributed by atoms with Crippen LogP contribution < -0.4 is 14.8 Å². The van der Waals surface area contributed by atoms with Crippen LogP contribution in [0.1, 0.15) is 5.56 Å². The normalized spacial score (nSPS) is 12.5. The largest absolute Gasteiger partial charge is 0.454 e. The van der Waals surface area contributed by atoms with Crippen LogP contribution in [-0.4, -0.2) is 6.79 Å². The monoisotopic (exact) mass is 323 g/mol. The van der Waals surface area contributed by atoms with Crippen LogP contribution in [0.15, 0.2) is 40.9 Å². The molecular weight excluding hydrogens is 313 g/mol. The zero-order valence-electron chi connectivity index (χ0n) is 9.95. The Morgan fingerprint density at radius 2 is 2.00 bits per heavy atom. The van der Waals surface area contributed by atoms with Crippen LogP contribution in [0.4, 0.5) is 10.1 Å². The molecule has 0 aromatic heterocycles. The van der Waals surface area contributed by atoms with Crippen molar-refractivity contribution in [3.05, 3.63) is 52.3 Å². The lowest BCUT2D eigenvalue weighted by atomic mass is 10.2. The van der Waals surface area contributed by atoms with Gasteiger partial charge in [0.05, 0.1) is 5.69 Å². The molecule has 2 aromatic rings. The second-order valence-electron chi connectivity index (χ2n) is 4.14. The van der Waals surface area contributed by atoms with E-state index in [9.17, 15) is 4.39 Å². The molecule has 19 heavy (non-hydrogen) atoms. The van der Waals surface area contributed by atoms with Crippen molar-refractivity contribution in [3.63, 3.8) is 0 Å². The highest BCUT2D eigenvalue weighted by atomic mass is 79.9. The predicted molar refractivity (Wildman–Crippen MR) is 74.0 cm³/mol. The highest BCUT2D eigenvalue weighted by Crippen LogP contribution is 2.33. The van der Waals surface area contributed by atoms with E-state index in [0.29, 0.717) is 16.7 Å². The van der Waals surface area contributed by atoms with E-state index in [1.165, 1.54) is 6.07 Å². The first-order valence-electron chi connectivity index (χ1n) is 5.80. The van der Waals surface area contributed by atoms with Gasteiger partial charge in [0.2, 0.25) is 6.79 Å². The molecule has 3 rings (SSSR count). The van der Waals surface area contributed by atoms with E-state index in [1.807, 2.05) is 18.2 Å². The van der Waals surface area contributed by atoms with Gasteiger partial charge in [-0.25, -0.2) is 4.39 Å². The number of benzene rings is 2. The molecule has 98 valence electrons. The third kappa shape index (κ3) is 2.51. The maximum atomic E-state index is 13.6. The molecule has 1 N–H and O–H groups in total. The van der Waals surface area contributed by atoms with E-state index < -0.39 is 0 Å². The molecule has 1 aliphatic heterocycles. The first-order valence-corrected chi connectivity index (χ1v) is 6.60. The van der Waals surface area contributed by atoms with Crippen LogP contribution >= 0.6 is 15.9 Å². The zero-order valence-corrected chi connectivity index (χ0v) is 11.5. The summed E-state index contributed by atoms with van der Waals surface area (Å²) in [6, 6.07) is 10.6. The summed E-state index contributed by atoms with van der Waals surface area (Å²) in [5, 5.41) is 3.07. The minimum absolute atomic E-state index is 0.255. The van der Waals surface area contributed by atoms with Crippen molar-refractivity contribution in [2.75, 3.05) is 12.1 Å². The number of fused-ring (bicyclic) bond motifs is 1. The van der Waals surface area contributed by atoms with Gasteiger partial charge in [-0.1, -0.05) is 12.1 Å². The van der Waals surface area contributed by atoms with Crippen LogP contribution in [0.3, 0.4) is 0 Å². The van der Waals surface area contributed by atoms with Gasteiger partial charge in [0, 0.05) is 11.0 Å². The molecule has 0 atom stereocenters. The molecule has 0 unspecified atom stereocenters. The van der Waals surface area contributed by atoms with Crippen molar-refractivity contribution >= 4 is 21.6 Å². The van der Waals surface area contributed by atoms with E-state index in [4.69, 9.17) is 9.47 Å². The van der Waals surface area contributed by atoms with Crippen molar-refractivity contribution in [1.82, 2.24) is 0 Å². The second-order valence-corrected chi connectivity index (χ2v) is 4.99. The summed E-state index contributed by atoms with van der Waals surface area (Å²) in [5.74, 6) is 1.19. The lowest BCUT2D eigenvalue weighted by Gasteiger charge is -2.10. The number of hydrogen-bond acceptors (Lipinski definition) is 3. The van der Waals surface area contributed by atoms with Crippen molar-refractivity contribution in [2.24, 2.45) is 0 Å². The third-order valence-corrected chi connectivity index (χ3v) is 3.53.